The van der Waals surface area contributed by atoms with Gasteiger partial charge in [-0.3, -0.25) is 4.90 Å². The third kappa shape index (κ3) is 2.62. The van der Waals surface area contributed by atoms with Gasteiger partial charge in [0.25, 0.3) is 0 Å². The van der Waals surface area contributed by atoms with Crippen LogP contribution in [0.15, 0.2) is 42.9 Å². The number of nitrogens with one attached hydrogen (secondary N) is 1. The standard InChI is InChI=1S/C15H19N3/c1-2-5-13(6-3-1)9-15-7-4-8-18(15)11-14-10-16-12-17-14/h1-3,5-6,10,12,15H,4,7-9,11H2,(H,16,17)/t15-/m1/s1. The third-order valence-electron chi connectivity index (χ3n) is 3.74. The molecule has 1 fully saturated rings. The Bertz CT molecular complexity index is 464. The van der Waals surface area contributed by atoms with Gasteiger partial charge in [0.05, 0.1) is 6.33 Å². The molecule has 94 valence electrons. The molecule has 18 heavy (non-hydrogen) atoms. The number of likely N-dealkylation sites (tertiary alicyclic amines) is 1. The number of hydrogen-bond donors (Lipinski definition) is 1. The summed E-state index contributed by atoms with van der Waals surface area (Å²) in [5.41, 5.74) is 2.66. The summed E-state index contributed by atoms with van der Waals surface area (Å²) in [4.78, 5) is 9.86. The molecule has 0 unspecified atom stereocenters. The van der Waals surface area contributed by atoms with Gasteiger partial charge >= 0.3 is 0 Å². The Morgan fingerprint density at radius 2 is 2.17 bits per heavy atom. The molecule has 0 amide bonds. The van der Waals surface area contributed by atoms with E-state index in [0.717, 1.165) is 13.0 Å². The summed E-state index contributed by atoms with van der Waals surface area (Å²) in [6, 6.07) is 11.5. The predicted octanol–water partition coefficient (Wildman–Crippen LogP) is 2.62. The summed E-state index contributed by atoms with van der Waals surface area (Å²) < 4.78 is 0. The maximum atomic E-state index is 4.09. The van der Waals surface area contributed by atoms with Crippen molar-refractivity contribution in [3.05, 3.63) is 54.1 Å². The van der Waals surface area contributed by atoms with Gasteiger partial charge in [0.2, 0.25) is 0 Å². The zero-order valence-electron chi connectivity index (χ0n) is 10.5. The molecule has 1 aliphatic rings. The van der Waals surface area contributed by atoms with Gasteiger partial charge in [0, 0.05) is 24.5 Å². The lowest BCUT2D eigenvalue weighted by atomic mass is 10.0. The second-order valence-corrected chi connectivity index (χ2v) is 5.03. The minimum Gasteiger partial charge on any atom is -0.347 e. The molecule has 0 spiro atoms. The molecule has 0 bridgehead atoms. The zero-order valence-corrected chi connectivity index (χ0v) is 10.5. The van der Waals surface area contributed by atoms with E-state index in [2.05, 4.69) is 45.2 Å². The van der Waals surface area contributed by atoms with Gasteiger partial charge < -0.3 is 4.98 Å². The summed E-state index contributed by atoms with van der Waals surface area (Å²) in [6.45, 7) is 2.20. The lowest BCUT2D eigenvalue weighted by molar-refractivity contribution is 0.241. The van der Waals surface area contributed by atoms with Gasteiger partial charge in [0.1, 0.15) is 0 Å². The molecule has 0 radical (unpaired) electrons. The first kappa shape index (κ1) is 11.5. The van der Waals surface area contributed by atoms with Crippen LogP contribution in [-0.4, -0.2) is 27.5 Å². The highest BCUT2D eigenvalue weighted by atomic mass is 15.2. The lowest BCUT2D eigenvalue weighted by Crippen LogP contribution is -2.30. The monoisotopic (exact) mass is 241 g/mol. The number of aromatic amines is 1. The Morgan fingerprint density at radius 3 is 2.94 bits per heavy atom. The maximum absolute atomic E-state index is 4.09. The van der Waals surface area contributed by atoms with Crippen molar-refractivity contribution in [1.82, 2.24) is 14.9 Å². The van der Waals surface area contributed by atoms with Crippen LogP contribution in [0.25, 0.3) is 0 Å². The molecule has 3 rings (SSSR count). The second kappa shape index (κ2) is 5.36. The summed E-state index contributed by atoms with van der Waals surface area (Å²) in [7, 11) is 0. The molecule has 1 aromatic heterocycles. The summed E-state index contributed by atoms with van der Waals surface area (Å²) in [5, 5.41) is 0. The first-order valence-corrected chi connectivity index (χ1v) is 6.67. The largest absolute Gasteiger partial charge is 0.347 e. The highest BCUT2D eigenvalue weighted by Crippen LogP contribution is 2.22. The molecular formula is C15H19N3. The van der Waals surface area contributed by atoms with Crippen molar-refractivity contribution >= 4 is 0 Å². The second-order valence-electron chi connectivity index (χ2n) is 5.03. The van der Waals surface area contributed by atoms with Crippen molar-refractivity contribution in [3.8, 4) is 0 Å². The Kier molecular flexibility index (Phi) is 3.42. The smallest absolute Gasteiger partial charge is 0.0922 e. The van der Waals surface area contributed by atoms with Crippen molar-refractivity contribution in [3.63, 3.8) is 0 Å². The maximum Gasteiger partial charge on any atom is 0.0922 e. The average Bonchev–Trinajstić information content (AvgIpc) is 3.04. The van der Waals surface area contributed by atoms with Crippen molar-refractivity contribution in [1.29, 1.82) is 0 Å². The van der Waals surface area contributed by atoms with Gasteiger partial charge in [-0.05, 0) is 31.4 Å². The van der Waals surface area contributed by atoms with Crippen LogP contribution in [0.5, 0.6) is 0 Å². The molecule has 0 saturated carbocycles. The van der Waals surface area contributed by atoms with Crippen molar-refractivity contribution < 1.29 is 0 Å². The van der Waals surface area contributed by atoms with Crippen LogP contribution in [0.1, 0.15) is 24.1 Å². The van der Waals surface area contributed by atoms with E-state index in [1.807, 2.05) is 6.20 Å². The first-order valence-electron chi connectivity index (χ1n) is 6.67. The van der Waals surface area contributed by atoms with Gasteiger partial charge in [-0.2, -0.15) is 0 Å². The molecule has 3 nitrogen and oxygen atoms in total. The molecule has 1 saturated heterocycles. The van der Waals surface area contributed by atoms with Crippen LogP contribution < -0.4 is 0 Å². The third-order valence-corrected chi connectivity index (χ3v) is 3.74. The highest BCUT2D eigenvalue weighted by Gasteiger charge is 2.24. The van der Waals surface area contributed by atoms with Gasteiger partial charge in [-0.1, -0.05) is 30.3 Å². The van der Waals surface area contributed by atoms with Crippen LogP contribution in [-0.2, 0) is 13.0 Å². The fraction of sp³-hybridized carbons (Fsp3) is 0.400. The first-order chi connectivity index (χ1) is 8.92. The molecule has 1 aromatic carbocycles. The van der Waals surface area contributed by atoms with Crippen LogP contribution >= 0.6 is 0 Å². The quantitative estimate of drug-likeness (QED) is 0.892. The van der Waals surface area contributed by atoms with Crippen LogP contribution in [0.2, 0.25) is 0 Å². The van der Waals surface area contributed by atoms with E-state index in [1.165, 1.54) is 30.6 Å². The number of rotatable bonds is 4. The Hall–Kier alpha value is -1.61. The number of imidazole rings is 1. The van der Waals surface area contributed by atoms with Gasteiger partial charge in [0.15, 0.2) is 0 Å². The van der Waals surface area contributed by atoms with E-state index in [-0.39, 0.29) is 0 Å². The van der Waals surface area contributed by atoms with Crippen LogP contribution in [0.3, 0.4) is 0 Å². The fourth-order valence-electron chi connectivity index (χ4n) is 2.81. The predicted molar refractivity (Wildman–Crippen MR) is 72.2 cm³/mol. The van der Waals surface area contributed by atoms with Gasteiger partial charge in [-0.15, -0.1) is 0 Å². The molecule has 0 aliphatic carbocycles. The average molecular weight is 241 g/mol. The van der Waals surface area contributed by atoms with Crippen molar-refractivity contribution in [2.75, 3.05) is 6.54 Å². The van der Waals surface area contributed by atoms with E-state index in [1.54, 1.807) is 6.33 Å². The fourth-order valence-corrected chi connectivity index (χ4v) is 2.81. The number of nitrogens with zero attached hydrogens (tertiary/aromatic N) is 2. The Labute approximate surface area is 108 Å². The highest BCUT2D eigenvalue weighted by molar-refractivity contribution is 5.16. The minimum absolute atomic E-state index is 0.677. The summed E-state index contributed by atoms with van der Waals surface area (Å²) in [5.74, 6) is 0. The van der Waals surface area contributed by atoms with Crippen LogP contribution in [0, 0.1) is 0 Å². The molecule has 1 aliphatic heterocycles. The van der Waals surface area contributed by atoms with Gasteiger partial charge in [-0.25, -0.2) is 4.98 Å². The summed E-state index contributed by atoms with van der Waals surface area (Å²) >= 11 is 0. The van der Waals surface area contributed by atoms with E-state index >= 15 is 0 Å². The lowest BCUT2D eigenvalue weighted by Gasteiger charge is -2.23. The van der Waals surface area contributed by atoms with Crippen molar-refractivity contribution in [2.45, 2.75) is 31.8 Å². The topological polar surface area (TPSA) is 31.9 Å². The summed E-state index contributed by atoms with van der Waals surface area (Å²) in [6.07, 6.45) is 7.47. The minimum atomic E-state index is 0.677. The number of hydrogen-bond acceptors (Lipinski definition) is 2. The Morgan fingerprint density at radius 1 is 1.28 bits per heavy atom. The number of benzene rings is 1. The SMILES string of the molecule is c1ccc(C[C@H]2CCCN2Cc2cnc[nH]2)cc1. The molecule has 1 atom stereocenters. The van der Waals surface area contributed by atoms with Crippen molar-refractivity contribution in [2.24, 2.45) is 0 Å². The van der Waals surface area contributed by atoms with Crippen LogP contribution in [0.4, 0.5) is 0 Å². The van der Waals surface area contributed by atoms with E-state index in [4.69, 9.17) is 0 Å². The van der Waals surface area contributed by atoms with E-state index in [9.17, 15) is 0 Å². The molecule has 2 heterocycles. The number of aromatic nitrogens is 2. The van der Waals surface area contributed by atoms with E-state index in [0.29, 0.717) is 6.04 Å². The van der Waals surface area contributed by atoms with E-state index < -0.39 is 0 Å². The normalized spacial score (nSPS) is 20.3. The Balaban J connectivity index is 1.64. The zero-order chi connectivity index (χ0) is 12.2. The number of H-pyrrole nitrogens is 1. The molecule has 3 heteroatoms. The molecular weight excluding hydrogens is 222 g/mol. The molecule has 2 aromatic rings. The molecule has 1 N–H and O–H groups in total.